The highest BCUT2D eigenvalue weighted by Crippen LogP contribution is 2.34. The molecule has 7 nitrogen and oxygen atoms in total. The Bertz CT molecular complexity index is 1290. The van der Waals surface area contributed by atoms with E-state index in [2.05, 4.69) is 20.6 Å². The van der Waals surface area contributed by atoms with Gasteiger partial charge in [-0.3, -0.25) is 14.5 Å². The number of aryl methyl sites for hydroxylation is 1. The molecule has 3 aromatic heterocycles. The summed E-state index contributed by atoms with van der Waals surface area (Å²) >= 11 is 6.40. The summed E-state index contributed by atoms with van der Waals surface area (Å²) in [6.07, 6.45) is 5.13. The van der Waals surface area contributed by atoms with Gasteiger partial charge in [-0.1, -0.05) is 16.8 Å². The summed E-state index contributed by atoms with van der Waals surface area (Å²) < 4.78 is 33.9. The van der Waals surface area contributed by atoms with E-state index in [1.54, 1.807) is 36.3 Å². The molecule has 0 saturated carbocycles. The van der Waals surface area contributed by atoms with Crippen molar-refractivity contribution in [3.63, 3.8) is 0 Å². The van der Waals surface area contributed by atoms with E-state index in [4.69, 9.17) is 16.1 Å². The number of nitrogens with one attached hydrogen (secondary N) is 1. The van der Waals surface area contributed by atoms with Gasteiger partial charge in [-0.25, -0.2) is 8.78 Å². The second-order valence-corrected chi connectivity index (χ2v) is 7.86. The molecular formula is C22H18ClF2N5O2. The molecule has 32 heavy (non-hydrogen) atoms. The highest BCUT2D eigenvalue weighted by atomic mass is 35.5. The molecule has 0 saturated heterocycles. The van der Waals surface area contributed by atoms with Crippen molar-refractivity contribution in [1.82, 2.24) is 25.2 Å². The fourth-order valence-corrected chi connectivity index (χ4v) is 3.70. The van der Waals surface area contributed by atoms with Crippen LogP contribution in [-0.4, -0.2) is 32.4 Å². The summed E-state index contributed by atoms with van der Waals surface area (Å²) in [7, 11) is 1.79. The average molecular weight is 458 g/mol. The van der Waals surface area contributed by atoms with Crippen molar-refractivity contribution in [1.29, 1.82) is 0 Å². The van der Waals surface area contributed by atoms with Crippen molar-refractivity contribution in [2.75, 3.05) is 6.54 Å². The van der Waals surface area contributed by atoms with Crippen LogP contribution in [0.15, 0.2) is 59.5 Å². The second kappa shape index (κ2) is 8.51. The summed E-state index contributed by atoms with van der Waals surface area (Å²) in [5.74, 6) is -2.06. The lowest BCUT2D eigenvalue weighted by atomic mass is 9.80. The number of hydrogen-bond acceptors (Lipinski definition) is 5. The Morgan fingerprint density at radius 3 is 2.78 bits per heavy atom. The molecule has 0 aliphatic heterocycles. The molecule has 4 rings (SSSR count). The maximum Gasteiger partial charge on any atom is 0.273 e. The molecular weight excluding hydrogens is 440 g/mol. The first-order chi connectivity index (χ1) is 15.3. The number of benzene rings is 1. The maximum absolute atomic E-state index is 14.0. The van der Waals surface area contributed by atoms with E-state index in [1.807, 2.05) is 13.1 Å². The Morgan fingerprint density at radius 2 is 2.09 bits per heavy atom. The second-order valence-electron chi connectivity index (χ2n) is 7.45. The molecule has 1 amide bonds. The molecule has 0 aliphatic carbocycles. The van der Waals surface area contributed by atoms with Gasteiger partial charge in [0, 0.05) is 43.7 Å². The first-order valence-corrected chi connectivity index (χ1v) is 9.96. The van der Waals surface area contributed by atoms with E-state index < -0.39 is 23.0 Å². The van der Waals surface area contributed by atoms with Crippen molar-refractivity contribution in [3.8, 4) is 11.3 Å². The van der Waals surface area contributed by atoms with Gasteiger partial charge in [-0.05, 0) is 31.2 Å². The van der Waals surface area contributed by atoms with E-state index in [1.165, 1.54) is 12.1 Å². The molecule has 1 unspecified atom stereocenters. The summed E-state index contributed by atoms with van der Waals surface area (Å²) in [5.41, 5.74) is 0.528. The minimum Gasteiger partial charge on any atom is -0.355 e. The quantitative estimate of drug-likeness (QED) is 0.470. The lowest BCUT2D eigenvalue weighted by Gasteiger charge is -2.29. The van der Waals surface area contributed by atoms with Gasteiger partial charge in [0.1, 0.15) is 11.6 Å². The maximum atomic E-state index is 14.0. The predicted octanol–water partition coefficient (Wildman–Crippen LogP) is 4.14. The first kappa shape index (κ1) is 21.6. The normalized spacial score (nSPS) is 13.0. The van der Waals surface area contributed by atoms with Gasteiger partial charge in [0.05, 0.1) is 27.9 Å². The van der Waals surface area contributed by atoms with Crippen LogP contribution in [0.25, 0.3) is 11.3 Å². The zero-order valence-corrected chi connectivity index (χ0v) is 17.9. The Hall–Kier alpha value is -3.59. The van der Waals surface area contributed by atoms with Gasteiger partial charge in [-0.15, -0.1) is 0 Å². The highest BCUT2D eigenvalue weighted by molar-refractivity contribution is 6.31. The van der Waals surface area contributed by atoms with Crippen LogP contribution in [0.3, 0.4) is 0 Å². The van der Waals surface area contributed by atoms with Crippen LogP contribution in [0, 0.1) is 11.6 Å². The fraction of sp³-hybridized carbons (Fsp3) is 0.182. The summed E-state index contributed by atoms with van der Waals surface area (Å²) in [6.45, 7) is 2.02. The molecule has 0 spiro atoms. The van der Waals surface area contributed by atoms with E-state index in [0.29, 0.717) is 10.7 Å². The molecule has 0 bridgehead atoms. The smallest absolute Gasteiger partial charge is 0.273 e. The van der Waals surface area contributed by atoms with Crippen molar-refractivity contribution in [2.24, 2.45) is 7.05 Å². The molecule has 1 aromatic carbocycles. The SMILES string of the molecule is Cn1cc(C(C)(CNC(=O)c2cc(-c3ccc(F)cc3F)on2)c2ncccc2Cl)cn1. The fourth-order valence-electron chi connectivity index (χ4n) is 3.37. The summed E-state index contributed by atoms with van der Waals surface area (Å²) in [4.78, 5) is 17.2. The molecule has 1 N–H and O–H groups in total. The Kier molecular flexibility index (Phi) is 5.75. The zero-order chi connectivity index (χ0) is 22.9. The van der Waals surface area contributed by atoms with Crippen LogP contribution >= 0.6 is 11.6 Å². The van der Waals surface area contributed by atoms with Crippen molar-refractivity contribution < 1.29 is 18.1 Å². The Balaban J connectivity index is 1.58. The van der Waals surface area contributed by atoms with Crippen molar-refractivity contribution in [2.45, 2.75) is 12.3 Å². The van der Waals surface area contributed by atoms with Crippen LogP contribution in [0.2, 0.25) is 5.02 Å². The first-order valence-electron chi connectivity index (χ1n) is 9.58. The monoisotopic (exact) mass is 457 g/mol. The van der Waals surface area contributed by atoms with Crippen molar-refractivity contribution >= 4 is 17.5 Å². The summed E-state index contributed by atoms with van der Waals surface area (Å²) in [6, 6.07) is 7.78. The summed E-state index contributed by atoms with van der Waals surface area (Å²) in [5, 5.41) is 11.2. The minimum atomic E-state index is -0.818. The average Bonchev–Trinajstić information content (AvgIpc) is 3.42. The van der Waals surface area contributed by atoms with E-state index in [-0.39, 0.29) is 23.6 Å². The van der Waals surface area contributed by atoms with Crippen molar-refractivity contribution in [3.05, 3.63) is 88.6 Å². The lowest BCUT2D eigenvalue weighted by molar-refractivity contribution is 0.0938. The number of pyridine rings is 1. The van der Waals surface area contributed by atoms with Gasteiger partial charge >= 0.3 is 0 Å². The third-order valence-electron chi connectivity index (χ3n) is 5.17. The van der Waals surface area contributed by atoms with Gasteiger partial charge < -0.3 is 9.84 Å². The molecule has 0 fully saturated rings. The van der Waals surface area contributed by atoms with Gasteiger partial charge in [0.25, 0.3) is 5.91 Å². The number of hydrogen-bond donors (Lipinski definition) is 1. The number of aromatic nitrogens is 4. The van der Waals surface area contributed by atoms with Crippen LogP contribution in [0.4, 0.5) is 8.78 Å². The minimum absolute atomic E-state index is 0.00147. The topological polar surface area (TPSA) is 85.8 Å². The molecule has 3 heterocycles. The molecule has 0 aliphatic rings. The lowest BCUT2D eigenvalue weighted by Crippen LogP contribution is -2.40. The molecule has 10 heteroatoms. The van der Waals surface area contributed by atoms with Gasteiger partial charge in [0.15, 0.2) is 11.5 Å². The van der Waals surface area contributed by atoms with Crippen LogP contribution in [0.1, 0.15) is 28.7 Å². The van der Waals surface area contributed by atoms with Crippen LogP contribution < -0.4 is 5.32 Å². The number of halogens is 3. The van der Waals surface area contributed by atoms with E-state index >= 15 is 0 Å². The van der Waals surface area contributed by atoms with Crippen LogP contribution in [-0.2, 0) is 12.5 Å². The standard InChI is InChI=1S/C22H18ClF2N5O2/c1-22(13-10-28-30(2)11-13,20-16(23)4-3-7-26-20)12-27-21(31)18-9-19(32-29-18)15-6-5-14(24)8-17(15)25/h3-11H,12H2,1-2H3,(H,27,31). The van der Waals surface area contributed by atoms with Gasteiger partial charge in [0.2, 0.25) is 0 Å². The third kappa shape index (κ3) is 4.11. The predicted molar refractivity (Wildman–Crippen MR) is 113 cm³/mol. The molecule has 1 atom stereocenters. The Labute approximate surface area is 187 Å². The third-order valence-corrected chi connectivity index (χ3v) is 5.47. The zero-order valence-electron chi connectivity index (χ0n) is 17.1. The number of nitrogens with zero attached hydrogens (tertiary/aromatic N) is 4. The highest BCUT2D eigenvalue weighted by Gasteiger charge is 2.34. The number of carbonyl (C=O) groups excluding carboxylic acids is 1. The molecule has 0 radical (unpaired) electrons. The molecule has 164 valence electrons. The number of carbonyl (C=O) groups is 1. The van der Waals surface area contributed by atoms with Gasteiger partial charge in [-0.2, -0.15) is 5.10 Å². The Morgan fingerprint density at radius 1 is 1.28 bits per heavy atom. The van der Waals surface area contributed by atoms with E-state index in [9.17, 15) is 13.6 Å². The number of rotatable bonds is 6. The van der Waals surface area contributed by atoms with E-state index in [0.717, 1.165) is 17.7 Å². The largest absolute Gasteiger partial charge is 0.355 e. The van der Waals surface area contributed by atoms with Crippen LogP contribution in [0.5, 0.6) is 0 Å². The number of amides is 1. The molecule has 4 aromatic rings.